The molecule has 0 saturated carbocycles. The summed E-state index contributed by atoms with van der Waals surface area (Å²) >= 11 is 0. The van der Waals surface area contributed by atoms with Gasteiger partial charge in [-0.1, -0.05) is 12.1 Å². The van der Waals surface area contributed by atoms with Crippen LogP contribution >= 0.6 is 12.4 Å². The Morgan fingerprint density at radius 1 is 1.20 bits per heavy atom. The molecule has 0 aliphatic carbocycles. The van der Waals surface area contributed by atoms with Crippen LogP contribution in [0, 0.1) is 0 Å². The van der Waals surface area contributed by atoms with Crippen LogP contribution in [-0.4, -0.2) is 41.9 Å². The third-order valence-corrected chi connectivity index (χ3v) is 4.94. The average molecular weight is 431 g/mol. The molecule has 158 valence electrons. The van der Waals surface area contributed by atoms with Gasteiger partial charge in [0.1, 0.15) is 0 Å². The average Bonchev–Trinajstić information content (AvgIpc) is 3.10. The minimum Gasteiger partial charge on any atom is -0.454 e. The number of amides is 2. The molecule has 0 saturated heterocycles. The van der Waals surface area contributed by atoms with Crippen molar-refractivity contribution in [3.8, 4) is 11.5 Å². The van der Waals surface area contributed by atoms with Crippen molar-refractivity contribution in [2.45, 2.75) is 26.3 Å². The summed E-state index contributed by atoms with van der Waals surface area (Å²) in [5.74, 6) is 0.965. The van der Waals surface area contributed by atoms with Crippen LogP contribution in [0.15, 0.2) is 41.5 Å². The molecule has 2 heterocycles. The van der Waals surface area contributed by atoms with E-state index in [-0.39, 0.29) is 43.6 Å². The first-order chi connectivity index (χ1) is 14.0. The number of carbonyl (C=O) groups excluding carboxylic acids is 2. The molecule has 4 rings (SSSR count). The monoisotopic (exact) mass is 430 g/mol. The van der Waals surface area contributed by atoms with Crippen LogP contribution in [0.1, 0.15) is 30.5 Å². The van der Waals surface area contributed by atoms with Crippen LogP contribution in [0.2, 0.25) is 0 Å². The highest BCUT2D eigenvalue weighted by molar-refractivity contribution is 6.14. The second kappa shape index (κ2) is 8.73. The molecule has 30 heavy (non-hydrogen) atoms. The number of anilines is 1. The third-order valence-electron chi connectivity index (χ3n) is 4.94. The topological polar surface area (TPSA) is 106 Å². The highest BCUT2D eigenvalue weighted by atomic mass is 35.5. The van der Waals surface area contributed by atoms with Gasteiger partial charge in [0.2, 0.25) is 18.6 Å². The van der Waals surface area contributed by atoms with Crippen LogP contribution in [-0.2, 0) is 16.0 Å². The molecule has 2 aliphatic heterocycles. The number of hydrazone groups is 1. The van der Waals surface area contributed by atoms with Gasteiger partial charge in [0.05, 0.1) is 18.3 Å². The number of nitrogens with two attached hydrogens (primary N) is 1. The molecule has 2 aromatic rings. The maximum absolute atomic E-state index is 12.2. The van der Waals surface area contributed by atoms with Crippen molar-refractivity contribution in [2.24, 2.45) is 10.8 Å². The van der Waals surface area contributed by atoms with Gasteiger partial charge in [0, 0.05) is 23.7 Å². The Bertz CT molecular complexity index is 1010. The summed E-state index contributed by atoms with van der Waals surface area (Å²) in [6.45, 7) is 3.58. The Hall–Kier alpha value is -3.10. The van der Waals surface area contributed by atoms with E-state index < -0.39 is 0 Å². The van der Waals surface area contributed by atoms with E-state index in [4.69, 9.17) is 20.3 Å². The summed E-state index contributed by atoms with van der Waals surface area (Å²) in [5, 5.41) is 8.92. The van der Waals surface area contributed by atoms with Crippen molar-refractivity contribution in [3.63, 3.8) is 0 Å². The van der Waals surface area contributed by atoms with Crippen molar-refractivity contribution in [3.05, 3.63) is 53.1 Å². The first kappa shape index (κ1) is 21.6. The number of hydrogen-bond acceptors (Lipinski definition) is 6. The normalized spacial score (nSPS) is 16.7. The zero-order valence-corrected chi connectivity index (χ0v) is 17.5. The van der Waals surface area contributed by atoms with E-state index in [1.54, 1.807) is 12.1 Å². The zero-order chi connectivity index (χ0) is 20.5. The molecule has 1 atom stereocenters. The largest absolute Gasteiger partial charge is 0.454 e. The highest BCUT2D eigenvalue weighted by Crippen LogP contribution is 2.37. The van der Waals surface area contributed by atoms with E-state index in [0.717, 1.165) is 16.7 Å². The summed E-state index contributed by atoms with van der Waals surface area (Å²) in [6, 6.07) is 11.0. The highest BCUT2D eigenvalue weighted by Gasteiger charge is 2.28. The fourth-order valence-electron chi connectivity index (χ4n) is 3.56. The van der Waals surface area contributed by atoms with Crippen LogP contribution in [0.5, 0.6) is 11.5 Å². The van der Waals surface area contributed by atoms with Crippen molar-refractivity contribution >= 4 is 35.6 Å². The lowest BCUT2D eigenvalue weighted by Gasteiger charge is -2.21. The summed E-state index contributed by atoms with van der Waals surface area (Å²) < 4.78 is 11.1. The van der Waals surface area contributed by atoms with Gasteiger partial charge >= 0.3 is 0 Å². The number of nitrogens with one attached hydrogen (secondary N) is 1. The molecular weight excluding hydrogens is 408 g/mol. The van der Waals surface area contributed by atoms with E-state index in [1.807, 2.05) is 31.2 Å². The fourth-order valence-corrected chi connectivity index (χ4v) is 3.56. The predicted octanol–water partition coefficient (Wildman–Crippen LogP) is 2.28. The first-order valence-corrected chi connectivity index (χ1v) is 9.38. The molecule has 8 nitrogen and oxygen atoms in total. The first-order valence-electron chi connectivity index (χ1n) is 9.38. The zero-order valence-electron chi connectivity index (χ0n) is 16.7. The van der Waals surface area contributed by atoms with E-state index in [1.165, 1.54) is 11.9 Å². The summed E-state index contributed by atoms with van der Waals surface area (Å²) in [5.41, 5.74) is 9.39. The van der Waals surface area contributed by atoms with Crippen LogP contribution in [0.4, 0.5) is 5.69 Å². The number of halogens is 1. The Morgan fingerprint density at radius 3 is 2.50 bits per heavy atom. The van der Waals surface area contributed by atoms with E-state index in [0.29, 0.717) is 29.3 Å². The van der Waals surface area contributed by atoms with Crippen molar-refractivity contribution in [1.82, 2.24) is 5.01 Å². The molecule has 3 N–H and O–H groups in total. The number of benzene rings is 2. The Morgan fingerprint density at radius 2 is 1.87 bits per heavy atom. The lowest BCUT2D eigenvalue weighted by atomic mass is 9.94. The molecule has 9 heteroatoms. The third kappa shape index (κ3) is 4.10. The molecule has 2 aromatic carbocycles. The van der Waals surface area contributed by atoms with Gasteiger partial charge in [-0.2, -0.15) is 5.10 Å². The SMILES string of the molecule is CC(=O)N1N=C(c2ccc(NC(=O)CN)cc2)c2cc3c(cc2CC1C)OCO3.Cl. The standard InChI is InChI=1S/C21H22N4O4.ClH/c1-12-7-15-8-18-19(29-11-28-18)9-17(15)21(24-25(12)13(2)26)14-3-5-16(6-4-14)23-20(27)10-22;/h3-6,8-9,12H,7,10-11,22H2,1-2H3,(H,23,27);1H. The summed E-state index contributed by atoms with van der Waals surface area (Å²) in [4.78, 5) is 23.7. The van der Waals surface area contributed by atoms with Crippen molar-refractivity contribution < 1.29 is 19.1 Å². The van der Waals surface area contributed by atoms with Crippen LogP contribution < -0.4 is 20.5 Å². The lowest BCUT2D eigenvalue weighted by Crippen LogP contribution is -2.33. The number of nitrogens with zero attached hydrogens (tertiary/aromatic N) is 2. The summed E-state index contributed by atoms with van der Waals surface area (Å²) in [6.07, 6.45) is 0.642. The molecule has 0 fully saturated rings. The second-order valence-electron chi connectivity index (χ2n) is 7.06. The van der Waals surface area contributed by atoms with Gasteiger partial charge < -0.3 is 20.5 Å². The lowest BCUT2D eigenvalue weighted by molar-refractivity contribution is -0.130. The molecule has 1 unspecified atom stereocenters. The van der Waals surface area contributed by atoms with Crippen LogP contribution in [0.3, 0.4) is 0 Å². The minimum absolute atomic E-state index is 0. The number of carbonyl (C=O) groups is 2. The quantitative estimate of drug-likeness (QED) is 0.777. The molecule has 0 aromatic heterocycles. The Kier molecular flexibility index (Phi) is 6.28. The number of ether oxygens (including phenoxy) is 2. The van der Waals surface area contributed by atoms with Gasteiger partial charge in [-0.05, 0) is 43.2 Å². The summed E-state index contributed by atoms with van der Waals surface area (Å²) in [7, 11) is 0. The molecule has 2 amide bonds. The smallest absolute Gasteiger partial charge is 0.239 e. The predicted molar refractivity (Wildman–Crippen MR) is 115 cm³/mol. The number of rotatable bonds is 3. The van der Waals surface area contributed by atoms with E-state index in [2.05, 4.69) is 5.32 Å². The molecule has 0 spiro atoms. The van der Waals surface area contributed by atoms with Crippen molar-refractivity contribution in [1.29, 1.82) is 0 Å². The van der Waals surface area contributed by atoms with Gasteiger partial charge in [0.25, 0.3) is 0 Å². The van der Waals surface area contributed by atoms with E-state index >= 15 is 0 Å². The molecule has 0 bridgehead atoms. The molecule has 2 aliphatic rings. The second-order valence-corrected chi connectivity index (χ2v) is 7.06. The van der Waals surface area contributed by atoms with E-state index in [9.17, 15) is 9.59 Å². The van der Waals surface area contributed by atoms with Gasteiger partial charge in [-0.25, -0.2) is 5.01 Å². The number of fused-ring (bicyclic) bond motifs is 2. The molecule has 0 radical (unpaired) electrons. The van der Waals surface area contributed by atoms with Gasteiger partial charge in [0.15, 0.2) is 11.5 Å². The fraction of sp³-hybridized carbons (Fsp3) is 0.286. The Balaban J connectivity index is 0.00000256. The number of hydrogen-bond donors (Lipinski definition) is 2. The maximum atomic E-state index is 12.2. The maximum Gasteiger partial charge on any atom is 0.239 e. The van der Waals surface area contributed by atoms with Crippen molar-refractivity contribution in [2.75, 3.05) is 18.7 Å². The molecular formula is C21H23ClN4O4. The van der Waals surface area contributed by atoms with Gasteiger partial charge in [-0.15, -0.1) is 12.4 Å². The van der Waals surface area contributed by atoms with Crippen LogP contribution in [0.25, 0.3) is 0 Å². The minimum atomic E-state index is -0.265. The van der Waals surface area contributed by atoms with Gasteiger partial charge in [-0.3, -0.25) is 9.59 Å². The Labute approximate surface area is 180 Å².